The zero-order valence-electron chi connectivity index (χ0n) is 10.3. The van der Waals surface area contributed by atoms with Crippen LogP contribution in [0.15, 0.2) is 0 Å². The van der Waals surface area contributed by atoms with Crippen molar-refractivity contribution in [1.29, 1.82) is 0 Å². The minimum Gasteiger partial charge on any atom is -0.316 e. The largest absolute Gasteiger partial charge is 0.316 e. The second-order valence-corrected chi connectivity index (χ2v) is 5.92. The lowest BCUT2D eigenvalue weighted by atomic mass is 9.81. The minimum absolute atomic E-state index is 1.00. The van der Waals surface area contributed by atoms with Crippen molar-refractivity contribution in [2.75, 3.05) is 13.1 Å². The molecule has 0 aromatic carbocycles. The first kappa shape index (κ1) is 11.4. The van der Waals surface area contributed by atoms with Crippen LogP contribution in [-0.2, 0) is 0 Å². The van der Waals surface area contributed by atoms with E-state index < -0.39 is 0 Å². The molecule has 2 fully saturated rings. The Hall–Kier alpha value is -0.0400. The Morgan fingerprint density at radius 1 is 0.933 bits per heavy atom. The molecule has 0 aromatic rings. The van der Waals surface area contributed by atoms with E-state index in [9.17, 15) is 0 Å². The zero-order valence-corrected chi connectivity index (χ0v) is 10.3. The summed E-state index contributed by atoms with van der Waals surface area (Å²) in [4.78, 5) is 0. The van der Waals surface area contributed by atoms with Gasteiger partial charge in [-0.15, -0.1) is 0 Å². The summed E-state index contributed by atoms with van der Waals surface area (Å²) in [7, 11) is 0. The van der Waals surface area contributed by atoms with Crippen molar-refractivity contribution in [2.24, 2.45) is 17.8 Å². The molecule has 1 heteroatoms. The zero-order chi connectivity index (χ0) is 10.5. The van der Waals surface area contributed by atoms with E-state index in [1.54, 1.807) is 0 Å². The third-order valence-corrected chi connectivity index (χ3v) is 4.52. The predicted octanol–water partition coefficient (Wildman–Crippen LogP) is 3.59. The Labute approximate surface area is 95.0 Å². The van der Waals surface area contributed by atoms with Crippen molar-refractivity contribution in [2.45, 2.75) is 58.3 Å². The van der Waals surface area contributed by atoms with Gasteiger partial charge < -0.3 is 5.32 Å². The summed E-state index contributed by atoms with van der Waals surface area (Å²) >= 11 is 0. The van der Waals surface area contributed by atoms with E-state index in [0.29, 0.717) is 0 Å². The van der Waals surface area contributed by atoms with Crippen LogP contribution >= 0.6 is 0 Å². The van der Waals surface area contributed by atoms with Crippen molar-refractivity contribution in [3.05, 3.63) is 0 Å². The highest BCUT2D eigenvalue weighted by atomic mass is 14.9. The molecule has 0 bridgehead atoms. The molecule has 2 rings (SSSR count). The van der Waals surface area contributed by atoms with E-state index in [1.165, 1.54) is 64.5 Å². The van der Waals surface area contributed by atoms with Crippen LogP contribution in [0.5, 0.6) is 0 Å². The van der Waals surface area contributed by atoms with Gasteiger partial charge in [-0.1, -0.05) is 39.0 Å². The Morgan fingerprint density at radius 3 is 2.27 bits per heavy atom. The minimum atomic E-state index is 1.00. The molecule has 15 heavy (non-hydrogen) atoms. The number of rotatable bonds is 5. The Kier molecular flexibility index (Phi) is 4.49. The van der Waals surface area contributed by atoms with Gasteiger partial charge in [-0.2, -0.15) is 0 Å². The maximum Gasteiger partial charge on any atom is -0.00205 e. The van der Waals surface area contributed by atoms with Gasteiger partial charge >= 0.3 is 0 Å². The van der Waals surface area contributed by atoms with E-state index in [-0.39, 0.29) is 0 Å². The van der Waals surface area contributed by atoms with E-state index in [1.807, 2.05) is 0 Å². The molecule has 0 aromatic heterocycles. The van der Waals surface area contributed by atoms with Crippen LogP contribution in [0.2, 0.25) is 0 Å². The summed E-state index contributed by atoms with van der Waals surface area (Å²) in [6, 6.07) is 0. The molecular formula is C14H27N. The number of hydrogen-bond acceptors (Lipinski definition) is 1. The van der Waals surface area contributed by atoms with Crippen LogP contribution in [-0.4, -0.2) is 13.1 Å². The van der Waals surface area contributed by atoms with E-state index in [4.69, 9.17) is 0 Å². The van der Waals surface area contributed by atoms with E-state index in [2.05, 4.69) is 12.2 Å². The Morgan fingerprint density at radius 2 is 1.67 bits per heavy atom. The average Bonchev–Trinajstić information content (AvgIpc) is 2.18. The molecule has 0 unspecified atom stereocenters. The van der Waals surface area contributed by atoms with Crippen LogP contribution < -0.4 is 5.32 Å². The van der Waals surface area contributed by atoms with Crippen molar-refractivity contribution < 1.29 is 0 Å². The third-order valence-electron chi connectivity index (χ3n) is 4.52. The van der Waals surface area contributed by atoms with Gasteiger partial charge in [0.25, 0.3) is 0 Å². The van der Waals surface area contributed by atoms with Crippen LogP contribution in [0.25, 0.3) is 0 Å². The molecule has 0 spiro atoms. The van der Waals surface area contributed by atoms with Crippen LogP contribution in [0.1, 0.15) is 58.3 Å². The van der Waals surface area contributed by atoms with Gasteiger partial charge in [-0.05, 0) is 50.1 Å². The van der Waals surface area contributed by atoms with Crippen LogP contribution in [0.3, 0.4) is 0 Å². The fourth-order valence-corrected chi connectivity index (χ4v) is 2.93. The average molecular weight is 209 g/mol. The third kappa shape index (κ3) is 3.79. The fraction of sp³-hybridized carbons (Fsp3) is 1.00. The van der Waals surface area contributed by atoms with Gasteiger partial charge in [0.05, 0.1) is 0 Å². The first-order chi connectivity index (χ1) is 7.34. The maximum absolute atomic E-state index is 3.65. The van der Waals surface area contributed by atoms with Crippen molar-refractivity contribution >= 4 is 0 Å². The molecule has 0 heterocycles. The first-order valence-corrected chi connectivity index (χ1v) is 7.05. The van der Waals surface area contributed by atoms with E-state index in [0.717, 1.165) is 17.8 Å². The predicted molar refractivity (Wildman–Crippen MR) is 65.9 cm³/mol. The second-order valence-electron chi connectivity index (χ2n) is 5.92. The normalized spacial score (nSPS) is 32.6. The molecule has 2 saturated carbocycles. The fourth-order valence-electron chi connectivity index (χ4n) is 2.93. The highest BCUT2D eigenvalue weighted by molar-refractivity contribution is 4.73. The van der Waals surface area contributed by atoms with Crippen LogP contribution in [0.4, 0.5) is 0 Å². The molecule has 1 nitrogen and oxygen atoms in total. The van der Waals surface area contributed by atoms with Crippen LogP contribution in [0, 0.1) is 17.8 Å². The van der Waals surface area contributed by atoms with E-state index >= 15 is 0 Å². The number of hydrogen-bond donors (Lipinski definition) is 1. The van der Waals surface area contributed by atoms with Gasteiger partial charge in [-0.25, -0.2) is 0 Å². The standard InChI is InChI=1S/C14H27N/c1-12-5-7-13(8-6-12)9-10-15-11-14-3-2-4-14/h12-15H,2-11H2,1H3. The highest BCUT2D eigenvalue weighted by Crippen LogP contribution is 2.30. The maximum atomic E-state index is 3.65. The summed E-state index contributed by atoms with van der Waals surface area (Å²) in [6.45, 7) is 4.98. The lowest BCUT2D eigenvalue weighted by molar-refractivity contribution is 0.264. The first-order valence-electron chi connectivity index (χ1n) is 7.05. The molecule has 0 aliphatic heterocycles. The SMILES string of the molecule is CC1CCC(CCNCC2CCC2)CC1. The summed E-state index contributed by atoms with van der Waals surface area (Å²) in [6.07, 6.45) is 11.8. The van der Waals surface area contributed by atoms with Crippen molar-refractivity contribution in [3.63, 3.8) is 0 Å². The molecule has 0 atom stereocenters. The molecule has 2 aliphatic carbocycles. The van der Waals surface area contributed by atoms with Gasteiger partial charge in [0.1, 0.15) is 0 Å². The second kappa shape index (κ2) is 5.89. The summed E-state index contributed by atoms with van der Waals surface area (Å²) < 4.78 is 0. The van der Waals surface area contributed by atoms with Crippen molar-refractivity contribution in [3.8, 4) is 0 Å². The lowest BCUT2D eigenvalue weighted by Crippen LogP contribution is -2.29. The molecular weight excluding hydrogens is 182 g/mol. The summed E-state index contributed by atoms with van der Waals surface area (Å²) in [5.74, 6) is 3.07. The molecule has 1 N–H and O–H groups in total. The topological polar surface area (TPSA) is 12.0 Å². The quantitative estimate of drug-likeness (QED) is 0.682. The van der Waals surface area contributed by atoms with Gasteiger partial charge in [-0.3, -0.25) is 0 Å². The Balaban J connectivity index is 1.46. The van der Waals surface area contributed by atoms with Gasteiger partial charge in [0.2, 0.25) is 0 Å². The Bertz CT molecular complexity index is 166. The van der Waals surface area contributed by atoms with Gasteiger partial charge in [0.15, 0.2) is 0 Å². The number of nitrogens with one attached hydrogen (secondary N) is 1. The monoisotopic (exact) mass is 209 g/mol. The summed E-state index contributed by atoms with van der Waals surface area (Å²) in [5.41, 5.74) is 0. The summed E-state index contributed by atoms with van der Waals surface area (Å²) in [5, 5.41) is 3.65. The lowest BCUT2D eigenvalue weighted by Gasteiger charge is -2.28. The molecule has 0 amide bonds. The van der Waals surface area contributed by atoms with Crippen molar-refractivity contribution in [1.82, 2.24) is 5.32 Å². The smallest absolute Gasteiger partial charge is 0.00205 e. The highest BCUT2D eigenvalue weighted by Gasteiger charge is 2.19. The molecule has 0 radical (unpaired) electrons. The molecule has 88 valence electrons. The molecule has 2 aliphatic rings. The molecule has 0 saturated heterocycles. The van der Waals surface area contributed by atoms with Gasteiger partial charge in [0, 0.05) is 0 Å².